The van der Waals surface area contributed by atoms with Gasteiger partial charge in [-0.2, -0.15) is 5.10 Å². The van der Waals surface area contributed by atoms with Crippen LogP contribution in [0.1, 0.15) is 65.3 Å². The van der Waals surface area contributed by atoms with Crippen LogP contribution >= 0.6 is 11.6 Å². The number of nitrogens with two attached hydrogens (primary N) is 1. The van der Waals surface area contributed by atoms with Gasteiger partial charge in [0.25, 0.3) is 5.91 Å². The number of rotatable bonds is 5. The maximum atomic E-state index is 13.9. The molecular formula is C31H34ClN7O2. The molecule has 212 valence electrons. The molecule has 3 atom stereocenters. The SMILES string of the molecule is CC(=O)Nc1ccc(Cl)cc1C(=O)N1CCCCC1c1cc2nc(N3CC(N)C(c4ccccc4)C3)c(C)cn2n1. The second kappa shape index (κ2) is 11.1. The van der Waals surface area contributed by atoms with Crippen molar-refractivity contribution in [3.63, 3.8) is 0 Å². The highest BCUT2D eigenvalue weighted by molar-refractivity contribution is 6.31. The molecule has 2 aliphatic rings. The van der Waals surface area contributed by atoms with E-state index < -0.39 is 0 Å². The molecule has 3 N–H and O–H groups in total. The number of aryl methyl sites for hydroxylation is 1. The predicted molar refractivity (Wildman–Crippen MR) is 160 cm³/mol. The molecular weight excluding hydrogens is 538 g/mol. The Balaban J connectivity index is 1.29. The third kappa shape index (κ3) is 5.39. The quantitative estimate of drug-likeness (QED) is 0.351. The van der Waals surface area contributed by atoms with Crippen molar-refractivity contribution >= 4 is 40.6 Å². The lowest BCUT2D eigenvalue weighted by molar-refractivity contribution is -0.114. The van der Waals surface area contributed by atoms with Gasteiger partial charge in [0.1, 0.15) is 5.82 Å². The van der Waals surface area contributed by atoms with Gasteiger partial charge >= 0.3 is 0 Å². The Hall–Kier alpha value is -3.95. The molecule has 2 amide bonds. The Bertz CT molecular complexity index is 1610. The number of fused-ring (bicyclic) bond motifs is 1. The van der Waals surface area contributed by atoms with Crippen LogP contribution in [0.4, 0.5) is 11.5 Å². The van der Waals surface area contributed by atoms with Gasteiger partial charge in [-0.3, -0.25) is 9.59 Å². The molecule has 0 bridgehead atoms. The molecule has 0 spiro atoms. The van der Waals surface area contributed by atoms with Gasteiger partial charge < -0.3 is 20.9 Å². The average molecular weight is 572 g/mol. The fraction of sp³-hybridized carbons (Fsp3) is 0.355. The first-order valence-electron chi connectivity index (χ1n) is 14.1. The monoisotopic (exact) mass is 571 g/mol. The summed E-state index contributed by atoms with van der Waals surface area (Å²) in [7, 11) is 0. The molecule has 10 heteroatoms. The van der Waals surface area contributed by atoms with Crippen LogP contribution in [0, 0.1) is 6.92 Å². The smallest absolute Gasteiger partial charge is 0.256 e. The molecule has 0 aliphatic carbocycles. The summed E-state index contributed by atoms with van der Waals surface area (Å²) >= 11 is 6.26. The number of nitrogens with zero attached hydrogens (tertiary/aromatic N) is 5. The van der Waals surface area contributed by atoms with E-state index in [1.807, 2.05) is 30.2 Å². The van der Waals surface area contributed by atoms with E-state index in [1.165, 1.54) is 12.5 Å². The summed E-state index contributed by atoms with van der Waals surface area (Å²) in [5.41, 5.74) is 11.2. The van der Waals surface area contributed by atoms with E-state index >= 15 is 0 Å². The van der Waals surface area contributed by atoms with E-state index in [4.69, 9.17) is 27.4 Å². The van der Waals surface area contributed by atoms with Gasteiger partial charge in [-0.25, -0.2) is 9.50 Å². The van der Waals surface area contributed by atoms with Gasteiger partial charge in [0.15, 0.2) is 5.65 Å². The van der Waals surface area contributed by atoms with Gasteiger partial charge in [0, 0.05) is 61.4 Å². The number of likely N-dealkylation sites (tertiary alicyclic amines) is 1. The number of nitrogens with one attached hydrogen (secondary N) is 1. The maximum Gasteiger partial charge on any atom is 0.256 e. The van der Waals surface area contributed by atoms with Crippen LogP contribution in [0.5, 0.6) is 0 Å². The second-order valence-electron chi connectivity index (χ2n) is 11.1. The number of carbonyl (C=O) groups is 2. The summed E-state index contributed by atoms with van der Waals surface area (Å²) in [6.07, 6.45) is 4.67. The average Bonchev–Trinajstić information content (AvgIpc) is 3.56. The van der Waals surface area contributed by atoms with Gasteiger partial charge in [-0.15, -0.1) is 0 Å². The van der Waals surface area contributed by atoms with E-state index in [-0.39, 0.29) is 29.8 Å². The first kappa shape index (κ1) is 27.2. The lowest BCUT2D eigenvalue weighted by Gasteiger charge is -2.35. The number of carbonyl (C=O) groups excluding carboxylic acids is 2. The molecule has 3 unspecified atom stereocenters. The van der Waals surface area contributed by atoms with Crippen molar-refractivity contribution in [1.29, 1.82) is 0 Å². The lowest BCUT2D eigenvalue weighted by Crippen LogP contribution is -2.39. The molecule has 0 radical (unpaired) electrons. The number of hydrogen-bond acceptors (Lipinski definition) is 6. The van der Waals surface area contributed by atoms with E-state index in [1.54, 1.807) is 22.7 Å². The Morgan fingerprint density at radius 2 is 1.88 bits per heavy atom. The van der Waals surface area contributed by atoms with Crippen LogP contribution in [0.3, 0.4) is 0 Å². The number of aromatic nitrogens is 3. The molecule has 9 nitrogen and oxygen atoms in total. The number of piperidine rings is 1. The molecule has 41 heavy (non-hydrogen) atoms. The van der Waals surface area contributed by atoms with E-state index in [9.17, 15) is 9.59 Å². The van der Waals surface area contributed by atoms with Gasteiger partial charge in [-0.1, -0.05) is 41.9 Å². The summed E-state index contributed by atoms with van der Waals surface area (Å²) in [5.74, 6) is 0.724. The molecule has 4 aromatic rings. The zero-order chi connectivity index (χ0) is 28.7. The molecule has 0 saturated carbocycles. The van der Waals surface area contributed by atoms with Crippen molar-refractivity contribution in [2.24, 2.45) is 5.73 Å². The fourth-order valence-electron chi connectivity index (χ4n) is 6.19. The third-order valence-electron chi connectivity index (χ3n) is 8.14. The van der Waals surface area contributed by atoms with Gasteiger partial charge in [0.05, 0.1) is 23.0 Å². The molecule has 2 aromatic heterocycles. The molecule has 2 saturated heterocycles. The molecule has 2 aliphatic heterocycles. The van der Waals surface area contributed by atoms with Crippen molar-refractivity contribution in [2.75, 3.05) is 29.9 Å². The second-order valence-corrected chi connectivity index (χ2v) is 11.5. The molecule has 6 rings (SSSR count). The number of hydrogen-bond donors (Lipinski definition) is 2. The van der Waals surface area contributed by atoms with Crippen molar-refractivity contribution in [1.82, 2.24) is 19.5 Å². The van der Waals surface area contributed by atoms with Crippen LogP contribution < -0.4 is 16.0 Å². The van der Waals surface area contributed by atoms with E-state index in [0.29, 0.717) is 22.8 Å². The van der Waals surface area contributed by atoms with E-state index in [0.717, 1.165) is 55.1 Å². The third-order valence-corrected chi connectivity index (χ3v) is 8.38. The highest BCUT2D eigenvalue weighted by Gasteiger charge is 2.34. The summed E-state index contributed by atoms with van der Waals surface area (Å²) in [5, 5.41) is 8.08. The number of halogens is 1. The minimum atomic E-state index is -0.247. The summed E-state index contributed by atoms with van der Waals surface area (Å²) in [6.45, 7) is 5.59. The van der Waals surface area contributed by atoms with Crippen LogP contribution in [0.2, 0.25) is 5.02 Å². The number of amides is 2. The molecule has 2 aromatic carbocycles. The highest BCUT2D eigenvalue weighted by Crippen LogP contribution is 2.35. The number of benzene rings is 2. The standard InChI is InChI=1S/C31H34ClN7O2/c1-19-16-39-29(35-30(19)37-17-24(25(33)18-37)21-8-4-3-5-9-21)15-27(36-39)28-10-6-7-13-38(28)31(41)23-14-22(32)11-12-26(23)34-20(2)40/h3-5,8-9,11-12,14-16,24-25,28H,6-7,10,13,17-18,33H2,1-2H3,(H,34,40). The Morgan fingerprint density at radius 3 is 2.66 bits per heavy atom. The molecule has 4 heterocycles. The minimum absolute atomic E-state index is 0.0194. The normalized spacial score (nSPS) is 20.9. The van der Waals surface area contributed by atoms with Crippen LogP contribution in [0.25, 0.3) is 5.65 Å². The number of anilines is 2. The fourth-order valence-corrected chi connectivity index (χ4v) is 6.36. The Kier molecular flexibility index (Phi) is 7.40. The van der Waals surface area contributed by atoms with Crippen molar-refractivity contribution < 1.29 is 9.59 Å². The van der Waals surface area contributed by atoms with Crippen molar-refractivity contribution in [3.05, 3.63) is 88.2 Å². The minimum Gasteiger partial charge on any atom is -0.354 e. The lowest BCUT2D eigenvalue weighted by atomic mass is 9.95. The van der Waals surface area contributed by atoms with Crippen LogP contribution in [-0.2, 0) is 4.79 Å². The van der Waals surface area contributed by atoms with Gasteiger partial charge in [0.2, 0.25) is 5.91 Å². The first-order chi connectivity index (χ1) is 19.8. The van der Waals surface area contributed by atoms with E-state index in [2.05, 4.69) is 34.5 Å². The summed E-state index contributed by atoms with van der Waals surface area (Å²) in [6, 6.07) is 17.2. The Morgan fingerprint density at radius 1 is 1.07 bits per heavy atom. The van der Waals surface area contributed by atoms with Crippen LogP contribution in [-0.4, -0.2) is 57.0 Å². The maximum absolute atomic E-state index is 13.9. The largest absolute Gasteiger partial charge is 0.354 e. The zero-order valence-corrected chi connectivity index (χ0v) is 24.0. The predicted octanol–water partition coefficient (Wildman–Crippen LogP) is 4.95. The summed E-state index contributed by atoms with van der Waals surface area (Å²) in [4.78, 5) is 34.8. The summed E-state index contributed by atoms with van der Waals surface area (Å²) < 4.78 is 1.80. The van der Waals surface area contributed by atoms with Crippen LogP contribution in [0.15, 0.2) is 60.8 Å². The highest BCUT2D eigenvalue weighted by atomic mass is 35.5. The molecule has 2 fully saturated rings. The van der Waals surface area contributed by atoms with Crippen molar-refractivity contribution in [2.45, 2.75) is 51.1 Å². The Labute approximate surface area is 244 Å². The first-order valence-corrected chi connectivity index (χ1v) is 14.5. The zero-order valence-electron chi connectivity index (χ0n) is 23.3. The van der Waals surface area contributed by atoms with Crippen molar-refractivity contribution in [3.8, 4) is 0 Å². The van der Waals surface area contributed by atoms with Gasteiger partial charge in [-0.05, 0) is 49.9 Å². The topological polar surface area (TPSA) is 109 Å².